The summed E-state index contributed by atoms with van der Waals surface area (Å²) in [6, 6.07) is 21.8. The lowest BCUT2D eigenvalue weighted by Gasteiger charge is -2.38. The van der Waals surface area contributed by atoms with E-state index in [9.17, 15) is 10.1 Å². The van der Waals surface area contributed by atoms with Crippen LogP contribution in [0.3, 0.4) is 0 Å². The van der Waals surface area contributed by atoms with E-state index in [0.29, 0.717) is 30.0 Å². The fourth-order valence-electron chi connectivity index (χ4n) is 4.92. The number of nitriles is 1. The van der Waals surface area contributed by atoms with E-state index in [-0.39, 0.29) is 11.8 Å². The Morgan fingerprint density at radius 2 is 1.94 bits per heavy atom. The minimum atomic E-state index is -0.698. The minimum absolute atomic E-state index is 0.0800. The van der Waals surface area contributed by atoms with Crippen LogP contribution in [0, 0.1) is 16.7 Å². The predicted octanol–water partition coefficient (Wildman–Crippen LogP) is 5.73. The zero-order valence-corrected chi connectivity index (χ0v) is 21.0. The van der Waals surface area contributed by atoms with Gasteiger partial charge in [0, 0.05) is 36.0 Å². The van der Waals surface area contributed by atoms with E-state index in [1.807, 2.05) is 66.9 Å². The van der Waals surface area contributed by atoms with Gasteiger partial charge in [-0.15, -0.1) is 11.3 Å². The number of anilines is 1. The van der Waals surface area contributed by atoms with Crippen molar-refractivity contribution in [3.05, 3.63) is 106 Å². The third-order valence-electron chi connectivity index (χ3n) is 6.83. The van der Waals surface area contributed by atoms with Gasteiger partial charge in [0.05, 0.1) is 29.9 Å². The van der Waals surface area contributed by atoms with Gasteiger partial charge >= 0.3 is 0 Å². The molecule has 0 saturated carbocycles. The molecule has 1 amide bonds. The molecular formula is C29H26N4O2S. The maximum atomic E-state index is 13.6. The van der Waals surface area contributed by atoms with Gasteiger partial charge in [-0.3, -0.25) is 9.78 Å². The lowest BCUT2D eigenvalue weighted by molar-refractivity contribution is -0.125. The summed E-state index contributed by atoms with van der Waals surface area (Å²) in [6.45, 7) is 1.98. The molecule has 6 nitrogen and oxygen atoms in total. The van der Waals surface area contributed by atoms with Crippen LogP contribution < -0.4 is 10.1 Å². The number of nitrogens with zero attached hydrogens (tertiary/aromatic N) is 3. The highest BCUT2D eigenvalue weighted by molar-refractivity contribution is 7.13. The molecule has 0 bridgehead atoms. The van der Waals surface area contributed by atoms with Crippen molar-refractivity contribution in [2.75, 3.05) is 12.4 Å². The van der Waals surface area contributed by atoms with Gasteiger partial charge in [0.1, 0.15) is 5.75 Å². The second-order valence-corrected chi connectivity index (χ2v) is 10.2. The fourth-order valence-corrected chi connectivity index (χ4v) is 5.62. The highest BCUT2D eigenvalue weighted by Crippen LogP contribution is 2.46. The molecule has 180 valence electrons. The third kappa shape index (κ3) is 4.73. The molecule has 0 saturated heterocycles. The van der Waals surface area contributed by atoms with Crippen LogP contribution in [-0.4, -0.2) is 23.0 Å². The van der Waals surface area contributed by atoms with Crippen molar-refractivity contribution in [2.45, 2.75) is 32.1 Å². The number of pyridine rings is 1. The number of fused-ring (bicyclic) bond motifs is 1. The number of rotatable bonds is 6. The Bertz CT molecular complexity index is 1440. The van der Waals surface area contributed by atoms with Crippen molar-refractivity contribution in [2.24, 2.45) is 5.41 Å². The Kier molecular flexibility index (Phi) is 6.53. The molecule has 4 aromatic rings. The molecule has 2 aromatic carbocycles. The average Bonchev–Trinajstić information content (AvgIpc) is 3.35. The summed E-state index contributed by atoms with van der Waals surface area (Å²) in [5.74, 6) is 0.650. The molecule has 2 aromatic heterocycles. The number of hydrogen-bond acceptors (Lipinski definition) is 6. The molecule has 0 fully saturated rings. The molecule has 36 heavy (non-hydrogen) atoms. The van der Waals surface area contributed by atoms with Crippen LogP contribution in [0.5, 0.6) is 5.75 Å². The normalized spacial score (nSPS) is 18.6. The number of thiazole rings is 1. The fraction of sp³-hybridized carbons (Fsp3) is 0.241. The Morgan fingerprint density at radius 1 is 1.17 bits per heavy atom. The number of hydrogen-bond donors (Lipinski definition) is 1. The summed E-state index contributed by atoms with van der Waals surface area (Å²) < 4.78 is 5.22. The highest BCUT2D eigenvalue weighted by Gasteiger charge is 2.43. The molecule has 2 atom stereocenters. The van der Waals surface area contributed by atoms with Gasteiger partial charge in [-0.05, 0) is 47.4 Å². The molecular weight excluding hydrogens is 468 g/mol. The van der Waals surface area contributed by atoms with Crippen molar-refractivity contribution < 1.29 is 9.53 Å². The van der Waals surface area contributed by atoms with E-state index in [0.717, 1.165) is 33.8 Å². The van der Waals surface area contributed by atoms with E-state index in [1.165, 1.54) is 11.3 Å². The summed E-state index contributed by atoms with van der Waals surface area (Å²) in [7, 11) is 1.65. The van der Waals surface area contributed by atoms with Gasteiger partial charge in [0.25, 0.3) is 0 Å². The van der Waals surface area contributed by atoms with Gasteiger partial charge in [-0.1, -0.05) is 43.3 Å². The molecule has 2 heterocycles. The first-order chi connectivity index (χ1) is 17.5. The first-order valence-corrected chi connectivity index (χ1v) is 12.7. The number of aromatic nitrogens is 2. The standard InChI is InChI=1S/C29H26N4O2S/c1-29(27(34)33-28-32-21(18-36-28)14-19-9-11-22(35-2)12-10-19)15-25(23-7-4-3-6-20(23)17-30)24-8-5-13-31-26(24)16-29/h3-13,18,25H,14-16H2,1-2H3,(H,32,33,34). The lowest BCUT2D eigenvalue weighted by Crippen LogP contribution is -2.40. The smallest absolute Gasteiger partial charge is 0.232 e. The number of benzene rings is 2. The van der Waals surface area contributed by atoms with E-state index >= 15 is 0 Å². The second-order valence-electron chi connectivity index (χ2n) is 9.36. The molecule has 0 radical (unpaired) electrons. The first-order valence-electron chi connectivity index (χ1n) is 11.8. The summed E-state index contributed by atoms with van der Waals surface area (Å²) in [5, 5.41) is 15.3. The molecule has 1 aliphatic rings. The molecule has 2 unspecified atom stereocenters. The Hall–Kier alpha value is -4.02. The highest BCUT2D eigenvalue weighted by atomic mass is 32.1. The number of carbonyl (C=O) groups excluding carboxylic acids is 1. The predicted molar refractivity (Wildman–Crippen MR) is 140 cm³/mol. The molecule has 1 aliphatic carbocycles. The topological polar surface area (TPSA) is 87.9 Å². The van der Waals surface area contributed by atoms with Crippen molar-refractivity contribution in [1.29, 1.82) is 5.26 Å². The number of amides is 1. The summed E-state index contributed by atoms with van der Waals surface area (Å²) in [5.41, 5.74) is 4.88. The van der Waals surface area contributed by atoms with Gasteiger partial charge in [0.15, 0.2) is 5.13 Å². The summed E-state index contributed by atoms with van der Waals surface area (Å²) >= 11 is 1.43. The maximum absolute atomic E-state index is 13.6. The van der Waals surface area contributed by atoms with Crippen molar-refractivity contribution in [1.82, 2.24) is 9.97 Å². The molecule has 5 rings (SSSR count). The summed E-state index contributed by atoms with van der Waals surface area (Å²) in [6.07, 6.45) is 3.56. The van der Waals surface area contributed by atoms with E-state index < -0.39 is 5.41 Å². The summed E-state index contributed by atoms with van der Waals surface area (Å²) in [4.78, 5) is 22.9. The van der Waals surface area contributed by atoms with Gasteiger partial charge in [-0.2, -0.15) is 5.26 Å². The third-order valence-corrected chi connectivity index (χ3v) is 7.64. The maximum Gasteiger partial charge on any atom is 0.232 e. The quantitative estimate of drug-likeness (QED) is 0.370. The zero-order chi connectivity index (χ0) is 25.1. The van der Waals surface area contributed by atoms with Gasteiger partial charge in [0.2, 0.25) is 5.91 Å². The van der Waals surface area contributed by atoms with Crippen LogP contribution in [-0.2, 0) is 17.6 Å². The van der Waals surface area contributed by atoms with Crippen LogP contribution in [0.1, 0.15) is 52.9 Å². The Morgan fingerprint density at radius 3 is 2.72 bits per heavy atom. The van der Waals surface area contributed by atoms with Crippen molar-refractivity contribution >= 4 is 22.4 Å². The Labute approximate surface area is 214 Å². The Balaban J connectivity index is 1.37. The molecule has 0 aliphatic heterocycles. The van der Waals surface area contributed by atoms with E-state index in [4.69, 9.17) is 4.74 Å². The number of methoxy groups -OCH3 is 1. The number of nitrogens with one attached hydrogen (secondary N) is 1. The molecule has 7 heteroatoms. The van der Waals surface area contributed by atoms with E-state index in [1.54, 1.807) is 13.3 Å². The first kappa shape index (κ1) is 23.7. The zero-order valence-electron chi connectivity index (χ0n) is 20.2. The monoisotopic (exact) mass is 494 g/mol. The van der Waals surface area contributed by atoms with Crippen LogP contribution in [0.4, 0.5) is 5.13 Å². The van der Waals surface area contributed by atoms with Crippen molar-refractivity contribution in [3.8, 4) is 11.8 Å². The minimum Gasteiger partial charge on any atom is -0.497 e. The van der Waals surface area contributed by atoms with Crippen molar-refractivity contribution in [3.63, 3.8) is 0 Å². The largest absolute Gasteiger partial charge is 0.497 e. The lowest BCUT2D eigenvalue weighted by atomic mass is 9.66. The second kappa shape index (κ2) is 9.92. The van der Waals surface area contributed by atoms with Gasteiger partial charge in [-0.25, -0.2) is 4.98 Å². The van der Waals surface area contributed by atoms with Gasteiger partial charge < -0.3 is 10.1 Å². The van der Waals surface area contributed by atoms with Crippen LogP contribution in [0.2, 0.25) is 0 Å². The van der Waals surface area contributed by atoms with Crippen LogP contribution in [0.15, 0.2) is 72.2 Å². The van der Waals surface area contributed by atoms with E-state index in [2.05, 4.69) is 27.4 Å². The number of ether oxygens (including phenoxy) is 1. The SMILES string of the molecule is COc1ccc(Cc2csc(NC(=O)C3(C)Cc4ncccc4C(c4ccccc4C#N)C3)n2)cc1. The van der Waals surface area contributed by atoms with Crippen LogP contribution in [0.25, 0.3) is 0 Å². The molecule has 0 spiro atoms. The number of carbonyl (C=O) groups is 1. The molecule has 1 N–H and O–H groups in total. The van der Waals surface area contributed by atoms with Crippen LogP contribution >= 0.6 is 11.3 Å². The average molecular weight is 495 g/mol.